The van der Waals surface area contributed by atoms with Crippen molar-refractivity contribution in [3.63, 3.8) is 0 Å². The largest absolute Gasteiger partial charge is 0.446 e. The van der Waals surface area contributed by atoms with E-state index in [9.17, 15) is 14.0 Å². The first kappa shape index (κ1) is 23.9. The van der Waals surface area contributed by atoms with Crippen molar-refractivity contribution in [1.29, 1.82) is 0 Å². The minimum Gasteiger partial charge on any atom is -0.446 e. The summed E-state index contributed by atoms with van der Waals surface area (Å²) in [4.78, 5) is 31.5. The number of cyclic esters (lactones) is 1. The van der Waals surface area contributed by atoms with Gasteiger partial charge < -0.3 is 4.74 Å². The SMILES string of the molecule is C=C(c1cc(F)ccc1/N=C\C)[C@H]1CC[C@@H](C(C)C(=O)N2C(=O)OC[C@H]2c2ccccc2)CC1. The second-order valence-electron chi connectivity index (χ2n) is 9.19. The number of imide groups is 1. The van der Waals surface area contributed by atoms with Gasteiger partial charge in [0, 0.05) is 17.7 Å². The standard InChI is InChI=1S/C28H31FN2O3/c1-4-30-25-15-14-23(29)16-24(25)18(2)20-10-12-21(13-11-20)19(3)27(32)31-26(17-34-28(31)33)22-8-6-5-7-9-22/h4-9,14-16,19-21,26H,2,10-13,17H2,1,3H3/b30-4-/t19?,20-,21+,26-/m0/s1. The molecule has 0 aromatic heterocycles. The van der Waals surface area contributed by atoms with E-state index in [1.54, 1.807) is 12.3 Å². The fourth-order valence-corrected chi connectivity index (χ4v) is 5.21. The number of nitrogens with zero attached hydrogens (tertiary/aromatic N) is 2. The molecule has 1 unspecified atom stereocenters. The first-order chi connectivity index (χ1) is 16.4. The number of hydrogen-bond acceptors (Lipinski definition) is 4. The number of allylic oxidation sites excluding steroid dienone is 1. The van der Waals surface area contributed by atoms with Crippen molar-refractivity contribution in [3.8, 4) is 0 Å². The molecule has 2 fully saturated rings. The minimum atomic E-state index is -0.567. The van der Waals surface area contributed by atoms with Gasteiger partial charge >= 0.3 is 6.09 Å². The van der Waals surface area contributed by atoms with E-state index >= 15 is 0 Å². The molecule has 2 atom stereocenters. The van der Waals surface area contributed by atoms with Crippen LogP contribution in [0.5, 0.6) is 0 Å². The van der Waals surface area contributed by atoms with Crippen LogP contribution >= 0.6 is 0 Å². The van der Waals surface area contributed by atoms with Gasteiger partial charge in [-0.3, -0.25) is 9.79 Å². The highest BCUT2D eigenvalue weighted by Crippen LogP contribution is 2.42. The van der Waals surface area contributed by atoms with Gasteiger partial charge in [0.05, 0.1) is 5.69 Å². The Morgan fingerprint density at radius 3 is 2.56 bits per heavy atom. The third-order valence-corrected chi connectivity index (χ3v) is 7.23. The maximum atomic E-state index is 13.9. The molecule has 2 aromatic rings. The molecule has 34 heavy (non-hydrogen) atoms. The van der Waals surface area contributed by atoms with E-state index in [0.29, 0.717) is 0 Å². The zero-order valence-electron chi connectivity index (χ0n) is 19.7. The van der Waals surface area contributed by atoms with Gasteiger partial charge in [0.15, 0.2) is 0 Å². The van der Waals surface area contributed by atoms with Crippen LogP contribution in [0.15, 0.2) is 60.1 Å². The van der Waals surface area contributed by atoms with Gasteiger partial charge in [0.25, 0.3) is 0 Å². The summed E-state index contributed by atoms with van der Waals surface area (Å²) < 4.78 is 19.2. The Kier molecular flexibility index (Phi) is 7.25. The molecule has 0 N–H and O–H groups in total. The summed E-state index contributed by atoms with van der Waals surface area (Å²) in [6.45, 7) is 8.21. The second kappa shape index (κ2) is 10.3. The Morgan fingerprint density at radius 2 is 1.88 bits per heavy atom. The Morgan fingerprint density at radius 1 is 1.18 bits per heavy atom. The van der Waals surface area contributed by atoms with Crippen LogP contribution in [-0.2, 0) is 9.53 Å². The zero-order chi connectivity index (χ0) is 24.2. The van der Waals surface area contributed by atoms with E-state index in [2.05, 4.69) is 11.6 Å². The van der Waals surface area contributed by atoms with Crippen molar-refractivity contribution in [3.05, 3.63) is 72.1 Å². The van der Waals surface area contributed by atoms with Gasteiger partial charge in [0.2, 0.25) is 5.91 Å². The summed E-state index contributed by atoms with van der Waals surface area (Å²) in [7, 11) is 0. The molecule has 2 aromatic carbocycles. The number of amides is 2. The number of carbonyl (C=O) groups is 2. The number of carbonyl (C=O) groups excluding carboxylic acids is 2. The normalized spacial score (nSPS) is 23.7. The van der Waals surface area contributed by atoms with Crippen LogP contribution in [-0.4, -0.2) is 29.7 Å². The highest BCUT2D eigenvalue weighted by molar-refractivity contribution is 5.95. The lowest BCUT2D eigenvalue weighted by Crippen LogP contribution is -2.40. The minimum absolute atomic E-state index is 0.169. The van der Waals surface area contributed by atoms with Gasteiger partial charge in [0.1, 0.15) is 18.5 Å². The molecule has 0 radical (unpaired) electrons. The van der Waals surface area contributed by atoms with Crippen LogP contribution in [0.1, 0.15) is 56.7 Å². The van der Waals surface area contributed by atoms with E-state index in [1.165, 1.54) is 17.0 Å². The molecule has 0 spiro atoms. The van der Waals surface area contributed by atoms with Crippen LogP contribution < -0.4 is 0 Å². The molecule has 178 valence electrons. The molecule has 2 amide bonds. The lowest BCUT2D eigenvalue weighted by molar-refractivity contribution is -0.135. The summed E-state index contributed by atoms with van der Waals surface area (Å²) >= 11 is 0. The maximum Gasteiger partial charge on any atom is 0.417 e. The molecule has 1 saturated carbocycles. The third kappa shape index (κ3) is 4.81. The summed E-state index contributed by atoms with van der Waals surface area (Å²) in [5.41, 5.74) is 3.26. The number of halogens is 1. The molecule has 1 aliphatic heterocycles. The molecule has 6 heteroatoms. The van der Waals surface area contributed by atoms with Gasteiger partial charge in [-0.2, -0.15) is 0 Å². The topological polar surface area (TPSA) is 59.0 Å². The Bertz CT molecular complexity index is 1090. The van der Waals surface area contributed by atoms with Crippen LogP contribution in [0.2, 0.25) is 0 Å². The first-order valence-electron chi connectivity index (χ1n) is 11.9. The lowest BCUT2D eigenvalue weighted by atomic mass is 9.72. The van der Waals surface area contributed by atoms with E-state index in [1.807, 2.05) is 44.2 Å². The smallest absolute Gasteiger partial charge is 0.417 e. The number of aliphatic imine (C=N–C) groups is 1. The summed E-state index contributed by atoms with van der Waals surface area (Å²) in [5.74, 6) is -0.393. The molecule has 1 saturated heterocycles. The number of benzene rings is 2. The van der Waals surface area contributed by atoms with Crippen LogP contribution in [0.3, 0.4) is 0 Å². The predicted octanol–water partition coefficient (Wildman–Crippen LogP) is 6.72. The molecule has 5 nitrogen and oxygen atoms in total. The highest BCUT2D eigenvalue weighted by Gasteiger charge is 2.42. The van der Waals surface area contributed by atoms with E-state index < -0.39 is 6.09 Å². The molecule has 1 heterocycles. The van der Waals surface area contributed by atoms with E-state index in [4.69, 9.17) is 4.74 Å². The van der Waals surface area contributed by atoms with Crippen LogP contribution in [0, 0.1) is 23.6 Å². The second-order valence-corrected chi connectivity index (χ2v) is 9.19. The van der Waals surface area contributed by atoms with Crippen LogP contribution in [0.25, 0.3) is 5.57 Å². The average molecular weight is 463 g/mol. The van der Waals surface area contributed by atoms with Crippen molar-refractivity contribution >= 4 is 29.5 Å². The zero-order valence-corrected chi connectivity index (χ0v) is 19.7. The lowest BCUT2D eigenvalue weighted by Gasteiger charge is -2.34. The Balaban J connectivity index is 1.42. The van der Waals surface area contributed by atoms with Crippen molar-refractivity contribution in [2.75, 3.05) is 6.61 Å². The third-order valence-electron chi connectivity index (χ3n) is 7.23. The summed E-state index contributed by atoms with van der Waals surface area (Å²) in [5, 5.41) is 0. The molecular weight excluding hydrogens is 431 g/mol. The monoisotopic (exact) mass is 462 g/mol. The summed E-state index contributed by atoms with van der Waals surface area (Å²) in [6, 6.07) is 13.7. The van der Waals surface area contributed by atoms with Gasteiger partial charge in [-0.1, -0.05) is 43.8 Å². The molecule has 2 aliphatic rings. The average Bonchev–Trinajstić information content (AvgIpc) is 3.25. The maximum absolute atomic E-state index is 13.9. The van der Waals surface area contributed by atoms with Gasteiger partial charge in [-0.25, -0.2) is 14.1 Å². The molecular formula is C28H31FN2O3. The Labute approximate surface area is 200 Å². The van der Waals surface area contributed by atoms with E-state index in [-0.39, 0.29) is 42.1 Å². The summed E-state index contributed by atoms with van der Waals surface area (Å²) in [6.07, 6.45) is 4.54. The number of hydrogen-bond donors (Lipinski definition) is 0. The fourth-order valence-electron chi connectivity index (χ4n) is 5.21. The first-order valence-corrected chi connectivity index (χ1v) is 11.9. The quantitative estimate of drug-likeness (QED) is 0.448. The van der Waals surface area contributed by atoms with Crippen molar-refractivity contribution in [2.45, 2.75) is 45.6 Å². The molecule has 0 bridgehead atoms. The highest BCUT2D eigenvalue weighted by atomic mass is 19.1. The van der Waals surface area contributed by atoms with Gasteiger partial charge in [-0.05, 0) is 73.8 Å². The fraction of sp³-hybridized carbons (Fsp3) is 0.393. The molecule has 1 aliphatic carbocycles. The molecule has 4 rings (SSSR count). The number of rotatable bonds is 6. The van der Waals surface area contributed by atoms with Crippen molar-refractivity contribution < 1.29 is 18.7 Å². The van der Waals surface area contributed by atoms with E-state index in [0.717, 1.165) is 48.1 Å². The predicted molar refractivity (Wildman–Crippen MR) is 131 cm³/mol. The number of ether oxygens (including phenoxy) is 1. The van der Waals surface area contributed by atoms with Crippen molar-refractivity contribution in [2.24, 2.45) is 22.7 Å². The van der Waals surface area contributed by atoms with Gasteiger partial charge in [-0.15, -0.1) is 0 Å². The van der Waals surface area contributed by atoms with Crippen LogP contribution in [0.4, 0.5) is 14.9 Å². The van der Waals surface area contributed by atoms with Crippen molar-refractivity contribution in [1.82, 2.24) is 4.90 Å². The Hall–Kier alpha value is -3.28.